The topological polar surface area (TPSA) is 128 Å². The molecule has 1 heterocycles. The van der Waals surface area contributed by atoms with Gasteiger partial charge in [0.05, 0.1) is 25.9 Å². The summed E-state index contributed by atoms with van der Waals surface area (Å²) in [6, 6.07) is 4.76. The zero-order valence-electron chi connectivity index (χ0n) is 20.5. The van der Waals surface area contributed by atoms with Crippen molar-refractivity contribution in [2.75, 3.05) is 34.0 Å². The summed E-state index contributed by atoms with van der Waals surface area (Å²) in [5.74, 6) is -0.259. The summed E-state index contributed by atoms with van der Waals surface area (Å²) >= 11 is 0. The number of rotatable bonds is 11. The van der Waals surface area contributed by atoms with Crippen LogP contribution in [-0.2, 0) is 9.47 Å². The number of hydrazine groups is 1. The minimum absolute atomic E-state index is 0.0992. The lowest BCUT2D eigenvalue weighted by Crippen LogP contribution is -2.42. The molecule has 0 saturated heterocycles. The van der Waals surface area contributed by atoms with Crippen LogP contribution in [0.25, 0.3) is 0 Å². The Morgan fingerprint density at radius 3 is 2.32 bits per heavy atom. The average molecular weight is 476 g/mol. The molecule has 1 aromatic heterocycles. The van der Waals surface area contributed by atoms with Crippen molar-refractivity contribution in [2.24, 2.45) is 5.92 Å². The van der Waals surface area contributed by atoms with Gasteiger partial charge in [-0.2, -0.15) is 0 Å². The number of aromatic nitrogens is 1. The molecule has 3 N–H and O–H groups in total. The quantitative estimate of drug-likeness (QED) is 0.259. The number of amides is 2. The first kappa shape index (κ1) is 26.7. The van der Waals surface area contributed by atoms with E-state index in [9.17, 15) is 14.4 Å². The molecular formula is C24H33N3O7. The monoisotopic (exact) mass is 475 g/mol. The third kappa shape index (κ3) is 6.98. The standard InChI is InChI=1S/C24H33N3O7/c1-14(2)9-10-33-18-8-7-17(13-19(18)32-6)22(28)26-27-23(29)21-15(3)20(16(4)25-21)24(30)34-12-11-31-5/h7-8,13-14,25H,9-12H2,1-6H3,(H,26,28)(H,27,29). The minimum Gasteiger partial charge on any atom is -0.493 e. The number of methoxy groups -OCH3 is 2. The number of H-pyrrole nitrogens is 1. The van der Waals surface area contributed by atoms with Gasteiger partial charge >= 0.3 is 5.97 Å². The summed E-state index contributed by atoms with van der Waals surface area (Å²) in [6.45, 7) is 8.39. The van der Waals surface area contributed by atoms with Gasteiger partial charge in [0.25, 0.3) is 11.8 Å². The minimum atomic E-state index is -0.606. The maximum atomic E-state index is 12.6. The molecule has 0 saturated carbocycles. The number of carbonyl (C=O) groups is 3. The van der Waals surface area contributed by atoms with E-state index in [4.69, 9.17) is 18.9 Å². The Kier molecular flexibility index (Phi) is 9.93. The molecule has 186 valence electrons. The van der Waals surface area contributed by atoms with E-state index in [0.29, 0.717) is 35.3 Å². The van der Waals surface area contributed by atoms with Gasteiger partial charge < -0.3 is 23.9 Å². The van der Waals surface area contributed by atoms with Gasteiger partial charge in [-0.3, -0.25) is 20.4 Å². The Morgan fingerprint density at radius 2 is 1.68 bits per heavy atom. The Hall–Kier alpha value is -3.53. The lowest BCUT2D eigenvalue weighted by Gasteiger charge is -2.13. The van der Waals surface area contributed by atoms with Crippen LogP contribution < -0.4 is 20.3 Å². The average Bonchev–Trinajstić information content (AvgIpc) is 3.11. The molecule has 0 aliphatic carbocycles. The molecule has 0 spiro atoms. The fourth-order valence-corrected chi connectivity index (χ4v) is 3.15. The molecule has 0 aliphatic heterocycles. The summed E-state index contributed by atoms with van der Waals surface area (Å²) in [6.07, 6.45) is 0.891. The maximum Gasteiger partial charge on any atom is 0.340 e. The molecule has 2 rings (SSSR count). The molecule has 0 atom stereocenters. The molecule has 0 bridgehead atoms. The Labute approximate surface area is 199 Å². The number of carbonyl (C=O) groups excluding carboxylic acids is 3. The van der Waals surface area contributed by atoms with Crippen LogP contribution >= 0.6 is 0 Å². The number of benzene rings is 1. The van der Waals surface area contributed by atoms with Crippen molar-refractivity contribution in [1.29, 1.82) is 0 Å². The zero-order valence-corrected chi connectivity index (χ0v) is 20.5. The third-order valence-electron chi connectivity index (χ3n) is 5.06. The molecule has 0 unspecified atom stereocenters. The number of hydrogen-bond donors (Lipinski definition) is 3. The molecule has 10 heteroatoms. The van der Waals surface area contributed by atoms with E-state index in [2.05, 4.69) is 29.7 Å². The van der Waals surface area contributed by atoms with Crippen LogP contribution in [0.3, 0.4) is 0 Å². The van der Waals surface area contributed by atoms with Crippen molar-refractivity contribution in [2.45, 2.75) is 34.1 Å². The van der Waals surface area contributed by atoms with Gasteiger partial charge in [-0.05, 0) is 49.9 Å². The zero-order chi connectivity index (χ0) is 25.3. The smallest absolute Gasteiger partial charge is 0.340 e. The van der Waals surface area contributed by atoms with Gasteiger partial charge in [0, 0.05) is 18.4 Å². The maximum absolute atomic E-state index is 12.6. The molecule has 1 aromatic carbocycles. The Morgan fingerprint density at radius 1 is 0.971 bits per heavy atom. The van der Waals surface area contributed by atoms with E-state index in [1.165, 1.54) is 20.3 Å². The van der Waals surface area contributed by atoms with Crippen LogP contribution in [-0.4, -0.2) is 56.8 Å². The van der Waals surface area contributed by atoms with Crippen LogP contribution in [0.5, 0.6) is 11.5 Å². The lowest BCUT2D eigenvalue weighted by atomic mass is 10.1. The molecule has 2 amide bonds. The number of aryl methyl sites for hydroxylation is 1. The SMILES string of the molecule is COCCOC(=O)c1c(C)[nH]c(C(=O)NNC(=O)c2ccc(OCCC(C)C)c(OC)c2)c1C. The lowest BCUT2D eigenvalue weighted by molar-refractivity contribution is 0.0386. The second kappa shape index (κ2) is 12.6. The Bertz CT molecular complexity index is 1010. The normalized spacial score (nSPS) is 10.7. The van der Waals surface area contributed by atoms with Crippen molar-refractivity contribution in [3.8, 4) is 11.5 Å². The number of hydrogen-bond acceptors (Lipinski definition) is 7. The molecule has 0 fully saturated rings. The van der Waals surface area contributed by atoms with Crippen LogP contribution in [0.4, 0.5) is 0 Å². The molecule has 10 nitrogen and oxygen atoms in total. The first-order valence-electron chi connectivity index (χ1n) is 11.0. The second-order valence-corrected chi connectivity index (χ2v) is 8.06. The van der Waals surface area contributed by atoms with Crippen LogP contribution in [0.15, 0.2) is 18.2 Å². The predicted octanol–water partition coefficient (Wildman–Crippen LogP) is 2.94. The summed E-state index contributed by atoms with van der Waals surface area (Å²) < 4.78 is 21.1. The number of nitrogens with one attached hydrogen (secondary N) is 3. The first-order chi connectivity index (χ1) is 16.2. The highest BCUT2D eigenvalue weighted by Gasteiger charge is 2.23. The first-order valence-corrected chi connectivity index (χ1v) is 11.0. The van der Waals surface area contributed by atoms with Gasteiger partial charge in [0.15, 0.2) is 11.5 Å². The van der Waals surface area contributed by atoms with Gasteiger partial charge in [-0.1, -0.05) is 13.8 Å². The molecule has 0 radical (unpaired) electrons. The van der Waals surface area contributed by atoms with Crippen molar-refractivity contribution < 1.29 is 33.3 Å². The van der Waals surface area contributed by atoms with E-state index < -0.39 is 17.8 Å². The van der Waals surface area contributed by atoms with Crippen LogP contribution in [0.1, 0.15) is 62.7 Å². The number of aromatic amines is 1. The second-order valence-electron chi connectivity index (χ2n) is 8.06. The van der Waals surface area contributed by atoms with Crippen molar-refractivity contribution >= 4 is 17.8 Å². The number of ether oxygens (including phenoxy) is 4. The third-order valence-corrected chi connectivity index (χ3v) is 5.06. The summed E-state index contributed by atoms with van der Waals surface area (Å²) in [7, 11) is 2.99. The largest absolute Gasteiger partial charge is 0.493 e. The summed E-state index contributed by atoms with van der Waals surface area (Å²) in [5.41, 5.74) is 6.30. The van der Waals surface area contributed by atoms with E-state index in [1.807, 2.05) is 0 Å². The fourth-order valence-electron chi connectivity index (χ4n) is 3.15. The van der Waals surface area contributed by atoms with Gasteiger partial charge in [-0.15, -0.1) is 0 Å². The molecule has 2 aromatic rings. The highest BCUT2D eigenvalue weighted by molar-refractivity contribution is 6.02. The van der Waals surface area contributed by atoms with Crippen LogP contribution in [0, 0.1) is 19.8 Å². The van der Waals surface area contributed by atoms with Crippen molar-refractivity contribution in [1.82, 2.24) is 15.8 Å². The van der Waals surface area contributed by atoms with Crippen molar-refractivity contribution in [3.63, 3.8) is 0 Å². The van der Waals surface area contributed by atoms with E-state index in [1.54, 1.807) is 26.0 Å². The van der Waals surface area contributed by atoms with Gasteiger partial charge in [-0.25, -0.2) is 4.79 Å². The highest BCUT2D eigenvalue weighted by Crippen LogP contribution is 2.28. The van der Waals surface area contributed by atoms with Gasteiger partial charge in [0.2, 0.25) is 0 Å². The van der Waals surface area contributed by atoms with E-state index in [-0.39, 0.29) is 30.0 Å². The van der Waals surface area contributed by atoms with Crippen molar-refractivity contribution in [3.05, 3.63) is 46.3 Å². The summed E-state index contributed by atoms with van der Waals surface area (Å²) in [4.78, 5) is 40.4. The highest BCUT2D eigenvalue weighted by atomic mass is 16.6. The molecular weight excluding hydrogens is 442 g/mol. The van der Waals surface area contributed by atoms with Gasteiger partial charge in [0.1, 0.15) is 12.3 Å². The van der Waals surface area contributed by atoms with E-state index in [0.717, 1.165) is 6.42 Å². The van der Waals surface area contributed by atoms with E-state index >= 15 is 0 Å². The molecule has 34 heavy (non-hydrogen) atoms. The predicted molar refractivity (Wildman–Crippen MR) is 125 cm³/mol. The fraction of sp³-hybridized carbons (Fsp3) is 0.458. The number of esters is 1. The Balaban J connectivity index is 2.03. The molecule has 0 aliphatic rings. The van der Waals surface area contributed by atoms with Crippen LogP contribution in [0.2, 0.25) is 0 Å². The summed E-state index contributed by atoms with van der Waals surface area (Å²) in [5, 5.41) is 0.